The third-order valence-electron chi connectivity index (χ3n) is 3.34. The Morgan fingerprint density at radius 2 is 2.38 bits per heavy atom. The summed E-state index contributed by atoms with van der Waals surface area (Å²) in [5, 5.41) is 8.77. The predicted octanol–water partition coefficient (Wildman–Crippen LogP) is 1.62. The lowest BCUT2D eigenvalue weighted by molar-refractivity contribution is -0.139. The van der Waals surface area contributed by atoms with Crippen molar-refractivity contribution in [3.8, 4) is 0 Å². The van der Waals surface area contributed by atoms with E-state index in [1.165, 1.54) is 0 Å². The SMILES string of the molecule is CCC1CC[C@@](CN)(CC(=O)O)C1. The fraction of sp³-hybridized carbons (Fsp3) is 0.900. The number of aliphatic carboxylic acids is 1. The van der Waals surface area contributed by atoms with Crippen molar-refractivity contribution in [1.82, 2.24) is 0 Å². The first-order valence-corrected chi connectivity index (χ1v) is 5.04. The van der Waals surface area contributed by atoms with Crippen molar-refractivity contribution < 1.29 is 9.90 Å². The third kappa shape index (κ3) is 2.44. The Hall–Kier alpha value is -0.570. The van der Waals surface area contributed by atoms with Gasteiger partial charge in [0.05, 0.1) is 6.42 Å². The molecule has 1 aliphatic rings. The molecule has 0 aromatic carbocycles. The Morgan fingerprint density at radius 1 is 1.69 bits per heavy atom. The van der Waals surface area contributed by atoms with Crippen LogP contribution in [0.2, 0.25) is 0 Å². The number of carbonyl (C=O) groups is 1. The molecule has 0 radical (unpaired) electrons. The molecule has 3 nitrogen and oxygen atoms in total. The summed E-state index contributed by atoms with van der Waals surface area (Å²) in [5.74, 6) is -0.00916. The van der Waals surface area contributed by atoms with Crippen molar-refractivity contribution in [2.45, 2.75) is 39.0 Å². The second-order valence-corrected chi connectivity index (χ2v) is 4.29. The largest absolute Gasteiger partial charge is 0.481 e. The van der Waals surface area contributed by atoms with Crippen LogP contribution in [0.5, 0.6) is 0 Å². The van der Waals surface area contributed by atoms with E-state index in [0.29, 0.717) is 12.5 Å². The highest BCUT2D eigenvalue weighted by atomic mass is 16.4. The molecule has 3 heteroatoms. The van der Waals surface area contributed by atoms with Gasteiger partial charge in [-0.15, -0.1) is 0 Å². The van der Waals surface area contributed by atoms with Crippen molar-refractivity contribution >= 4 is 5.97 Å². The Kier molecular flexibility index (Phi) is 3.31. The molecule has 0 saturated heterocycles. The maximum Gasteiger partial charge on any atom is 0.303 e. The molecule has 0 bridgehead atoms. The molecule has 0 aliphatic heterocycles. The van der Waals surface area contributed by atoms with Crippen LogP contribution >= 0.6 is 0 Å². The van der Waals surface area contributed by atoms with Gasteiger partial charge in [-0.25, -0.2) is 0 Å². The van der Waals surface area contributed by atoms with Gasteiger partial charge in [0.1, 0.15) is 0 Å². The number of nitrogens with two attached hydrogens (primary N) is 1. The van der Waals surface area contributed by atoms with Gasteiger partial charge in [0, 0.05) is 0 Å². The summed E-state index contributed by atoms with van der Waals surface area (Å²) < 4.78 is 0. The van der Waals surface area contributed by atoms with Gasteiger partial charge in [0.2, 0.25) is 0 Å². The smallest absolute Gasteiger partial charge is 0.303 e. The van der Waals surface area contributed by atoms with Crippen molar-refractivity contribution in [3.05, 3.63) is 0 Å². The van der Waals surface area contributed by atoms with Gasteiger partial charge in [-0.1, -0.05) is 13.3 Å². The zero-order valence-corrected chi connectivity index (χ0v) is 8.25. The molecule has 0 heterocycles. The Bertz CT molecular complexity index is 193. The van der Waals surface area contributed by atoms with E-state index in [2.05, 4.69) is 6.92 Å². The molecule has 0 amide bonds. The van der Waals surface area contributed by atoms with Gasteiger partial charge in [-0.2, -0.15) is 0 Å². The van der Waals surface area contributed by atoms with E-state index in [9.17, 15) is 4.79 Å². The maximum atomic E-state index is 10.7. The summed E-state index contributed by atoms with van der Waals surface area (Å²) in [4.78, 5) is 10.7. The van der Waals surface area contributed by atoms with E-state index in [-0.39, 0.29) is 11.8 Å². The zero-order chi connectivity index (χ0) is 9.90. The Morgan fingerprint density at radius 3 is 2.77 bits per heavy atom. The fourth-order valence-electron chi connectivity index (χ4n) is 2.41. The van der Waals surface area contributed by atoms with Crippen LogP contribution in [-0.4, -0.2) is 17.6 Å². The van der Waals surface area contributed by atoms with E-state index in [1.54, 1.807) is 0 Å². The zero-order valence-electron chi connectivity index (χ0n) is 8.25. The van der Waals surface area contributed by atoms with E-state index in [0.717, 1.165) is 25.7 Å². The first kappa shape index (κ1) is 10.5. The summed E-state index contributed by atoms with van der Waals surface area (Å²) in [6.07, 6.45) is 4.56. The predicted molar refractivity (Wildman–Crippen MR) is 51.4 cm³/mol. The van der Waals surface area contributed by atoms with Crippen molar-refractivity contribution in [2.75, 3.05) is 6.54 Å². The molecule has 1 fully saturated rings. The lowest BCUT2D eigenvalue weighted by Gasteiger charge is -2.25. The van der Waals surface area contributed by atoms with E-state index >= 15 is 0 Å². The first-order chi connectivity index (χ1) is 6.12. The molecule has 1 unspecified atom stereocenters. The molecule has 13 heavy (non-hydrogen) atoms. The summed E-state index contributed by atoms with van der Waals surface area (Å²) in [6.45, 7) is 2.69. The highest BCUT2D eigenvalue weighted by Crippen LogP contribution is 2.44. The summed E-state index contributed by atoms with van der Waals surface area (Å²) >= 11 is 0. The van der Waals surface area contributed by atoms with Crippen LogP contribution in [0.1, 0.15) is 39.0 Å². The minimum absolute atomic E-state index is 0.0908. The topological polar surface area (TPSA) is 63.3 Å². The second kappa shape index (κ2) is 4.09. The molecule has 3 N–H and O–H groups in total. The molecule has 0 aromatic rings. The number of carboxylic acids is 1. The number of carboxylic acid groups (broad SMARTS) is 1. The summed E-state index contributed by atoms with van der Waals surface area (Å²) in [5.41, 5.74) is 5.58. The highest BCUT2D eigenvalue weighted by molar-refractivity contribution is 5.67. The van der Waals surface area contributed by atoms with Crippen LogP contribution in [0.25, 0.3) is 0 Å². The van der Waals surface area contributed by atoms with Gasteiger partial charge in [-0.05, 0) is 37.1 Å². The average Bonchev–Trinajstić information content (AvgIpc) is 2.48. The van der Waals surface area contributed by atoms with Crippen molar-refractivity contribution in [3.63, 3.8) is 0 Å². The van der Waals surface area contributed by atoms with Crippen molar-refractivity contribution in [1.29, 1.82) is 0 Å². The lowest BCUT2D eigenvalue weighted by atomic mass is 9.82. The maximum absolute atomic E-state index is 10.7. The van der Waals surface area contributed by atoms with Gasteiger partial charge in [0.15, 0.2) is 0 Å². The molecule has 76 valence electrons. The first-order valence-electron chi connectivity index (χ1n) is 5.04. The standard InChI is InChI=1S/C10H19NO2/c1-2-8-3-4-10(5-8,7-11)6-9(12)13/h8H,2-7,11H2,1H3,(H,12,13)/t8?,10-/m0/s1. The number of hydrogen-bond donors (Lipinski definition) is 2. The van der Waals surface area contributed by atoms with Gasteiger partial charge in [0.25, 0.3) is 0 Å². The second-order valence-electron chi connectivity index (χ2n) is 4.29. The molecule has 2 atom stereocenters. The minimum atomic E-state index is -0.706. The summed E-state index contributed by atoms with van der Waals surface area (Å²) in [6, 6.07) is 0. The molecule has 1 saturated carbocycles. The van der Waals surface area contributed by atoms with Crippen LogP contribution in [0, 0.1) is 11.3 Å². The molecule has 0 aromatic heterocycles. The molecule has 0 spiro atoms. The van der Waals surface area contributed by atoms with Crippen LogP contribution < -0.4 is 5.73 Å². The van der Waals surface area contributed by atoms with Crippen LogP contribution in [0.15, 0.2) is 0 Å². The molecular weight excluding hydrogens is 166 g/mol. The monoisotopic (exact) mass is 185 g/mol. The van der Waals surface area contributed by atoms with E-state index < -0.39 is 5.97 Å². The van der Waals surface area contributed by atoms with E-state index in [1.807, 2.05) is 0 Å². The number of hydrogen-bond acceptors (Lipinski definition) is 2. The Balaban J connectivity index is 2.57. The summed E-state index contributed by atoms with van der Waals surface area (Å²) in [7, 11) is 0. The Labute approximate surface area is 79.3 Å². The van der Waals surface area contributed by atoms with Gasteiger partial charge >= 0.3 is 5.97 Å². The molecule has 1 rings (SSSR count). The van der Waals surface area contributed by atoms with Gasteiger partial charge < -0.3 is 10.8 Å². The highest BCUT2D eigenvalue weighted by Gasteiger charge is 2.38. The van der Waals surface area contributed by atoms with Crippen LogP contribution in [0.4, 0.5) is 0 Å². The van der Waals surface area contributed by atoms with Crippen molar-refractivity contribution in [2.24, 2.45) is 17.1 Å². The van der Waals surface area contributed by atoms with Crippen LogP contribution in [-0.2, 0) is 4.79 Å². The van der Waals surface area contributed by atoms with Gasteiger partial charge in [-0.3, -0.25) is 4.79 Å². The molecular formula is C10H19NO2. The fourth-order valence-corrected chi connectivity index (χ4v) is 2.41. The lowest BCUT2D eigenvalue weighted by Crippen LogP contribution is -2.30. The normalized spacial score (nSPS) is 33.5. The molecule has 1 aliphatic carbocycles. The van der Waals surface area contributed by atoms with E-state index in [4.69, 9.17) is 10.8 Å². The number of rotatable bonds is 4. The minimum Gasteiger partial charge on any atom is -0.481 e. The average molecular weight is 185 g/mol. The van der Waals surface area contributed by atoms with Crippen LogP contribution in [0.3, 0.4) is 0 Å². The quantitative estimate of drug-likeness (QED) is 0.699. The third-order valence-corrected chi connectivity index (χ3v) is 3.34.